The predicted molar refractivity (Wildman–Crippen MR) is 89.5 cm³/mol. The number of ether oxygens (including phenoxy) is 1. The summed E-state index contributed by atoms with van der Waals surface area (Å²) in [6, 6.07) is 10.8. The molecule has 1 fully saturated rings. The summed E-state index contributed by atoms with van der Waals surface area (Å²) in [5.41, 5.74) is 0. The van der Waals surface area contributed by atoms with Crippen molar-refractivity contribution in [3.63, 3.8) is 0 Å². The van der Waals surface area contributed by atoms with E-state index in [0.29, 0.717) is 25.1 Å². The Hall–Kier alpha value is -2.08. The highest BCUT2D eigenvalue weighted by Gasteiger charge is 2.33. The molecular formula is C17H16BrNO4. The molecule has 1 heterocycles. The van der Waals surface area contributed by atoms with E-state index in [2.05, 4.69) is 15.9 Å². The maximum Gasteiger partial charge on any atom is 0.326 e. The second kappa shape index (κ2) is 6.58. The number of benzene rings is 2. The summed E-state index contributed by atoms with van der Waals surface area (Å²) in [7, 11) is 0. The molecule has 5 nitrogen and oxygen atoms in total. The van der Waals surface area contributed by atoms with Crippen LogP contribution < -0.4 is 4.74 Å². The quantitative estimate of drug-likeness (QED) is 0.888. The number of halogens is 1. The predicted octanol–water partition coefficient (Wildman–Crippen LogP) is 3.06. The number of carbonyl (C=O) groups is 2. The largest absolute Gasteiger partial charge is 0.484 e. The molecule has 23 heavy (non-hydrogen) atoms. The van der Waals surface area contributed by atoms with E-state index in [1.54, 1.807) is 6.07 Å². The molecule has 0 spiro atoms. The van der Waals surface area contributed by atoms with Gasteiger partial charge in [0.05, 0.1) is 0 Å². The normalized spacial score (nSPS) is 17.4. The maximum atomic E-state index is 12.2. The highest BCUT2D eigenvalue weighted by atomic mass is 79.9. The number of likely N-dealkylation sites (tertiary alicyclic amines) is 1. The van der Waals surface area contributed by atoms with Gasteiger partial charge in [-0.2, -0.15) is 0 Å². The van der Waals surface area contributed by atoms with Crippen molar-refractivity contribution in [2.75, 3.05) is 13.2 Å². The third-order valence-electron chi connectivity index (χ3n) is 3.99. The first kappa shape index (κ1) is 15.8. The minimum atomic E-state index is -0.952. The second-order valence-corrected chi connectivity index (χ2v) is 6.44. The summed E-state index contributed by atoms with van der Waals surface area (Å²) in [5, 5.41) is 11.2. The van der Waals surface area contributed by atoms with Crippen molar-refractivity contribution in [3.05, 3.63) is 40.9 Å². The van der Waals surface area contributed by atoms with E-state index in [0.717, 1.165) is 15.2 Å². The minimum Gasteiger partial charge on any atom is -0.484 e. The van der Waals surface area contributed by atoms with E-state index in [1.807, 2.05) is 30.3 Å². The molecule has 1 unspecified atom stereocenters. The molecule has 1 aliphatic rings. The van der Waals surface area contributed by atoms with Gasteiger partial charge in [0.25, 0.3) is 5.91 Å². The van der Waals surface area contributed by atoms with Gasteiger partial charge in [-0.3, -0.25) is 4.79 Å². The number of aliphatic carboxylic acids is 1. The number of carboxylic acid groups (broad SMARTS) is 1. The summed E-state index contributed by atoms with van der Waals surface area (Å²) < 4.78 is 6.55. The van der Waals surface area contributed by atoms with Crippen molar-refractivity contribution in [2.24, 2.45) is 0 Å². The average molecular weight is 378 g/mol. The molecule has 0 radical (unpaired) electrons. The van der Waals surface area contributed by atoms with Crippen LogP contribution in [0.2, 0.25) is 0 Å². The number of carbonyl (C=O) groups excluding carboxylic acids is 1. The Morgan fingerprint density at radius 1 is 1.22 bits per heavy atom. The van der Waals surface area contributed by atoms with Gasteiger partial charge < -0.3 is 14.7 Å². The molecule has 3 rings (SSSR count). The Bertz CT molecular complexity index is 761. The van der Waals surface area contributed by atoms with E-state index >= 15 is 0 Å². The van der Waals surface area contributed by atoms with Crippen molar-refractivity contribution in [3.8, 4) is 5.75 Å². The minimum absolute atomic E-state index is 0.147. The van der Waals surface area contributed by atoms with Crippen LogP contribution >= 0.6 is 15.9 Å². The van der Waals surface area contributed by atoms with Crippen LogP contribution in [-0.4, -0.2) is 41.1 Å². The van der Waals surface area contributed by atoms with Crippen molar-refractivity contribution in [1.29, 1.82) is 0 Å². The van der Waals surface area contributed by atoms with Crippen LogP contribution in [0, 0.1) is 0 Å². The first-order valence-corrected chi connectivity index (χ1v) is 8.18. The Labute approximate surface area is 142 Å². The van der Waals surface area contributed by atoms with Crippen LogP contribution in [0.1, 0.15) is 12.8 Å². The SMILES string of the molecule is O=C(O)C1CCCN1C(=O)COc1ccc2cc(Br)ccc2c1. The van der Waals surface area contributed by atoms with Crippen LogP contribution in [-0.2, 0) is 9.59 Å². The van der Waals surface area contributed by atoms with Gasteiger partial charge in [0.15, 0.2) is 6.61 Å². The molecular weight excluding hydrogens is 362 g/mol. The molecule has 1 saturated heterocycles. The molecule has 1 atom stereocenters. The number of carboxylic acids is 1. The summed E-state index contributed by atoms with van der Waals surface area (Å²) >= 11 is 3.43. The number of fused-ring (bicyclic) bond motifs is 1. The third kappa shape index (κ3) is 3.47. The van der Waals surface area contributed by atoms with E-state index in [-0.39, 0.29) is 12.5 Å². The molecule has 0 aromatic heterocycles. The highest BCUT2D eigenvalue weighted by molar-refractivity contribution is 9.10. The zero-order chi connectivity index (χ0) is 16.4. The maximum absolute atomic E-state index is 12.2. The fourth-order valence-electron chi connectivity index (χ4n) is 2.83. The van der Waals surface area contributed by atoms with Gasteiger partial charge in [-0.15, -0.1) is 0 Å². The number of amides is 1. The Balaban J connectivity index is 1.67. The van der Waals surface area contributed by atoms with Crippen molar-refractivity contribution >= 4 is 38.6 Å². The molecule has 1 N–H and O–H groups in total. The lowest BCUT2D eigenvalue weighted by Crippen LogP contribution is -2.42. The molecule has 6 heteroatoms. The van der Waals surface area contributed by atoms with Crippen LogP contribution in [0.5, 0.6) is 5.75 Å². The fourth-order valence-corrected chi connectivity index (χ4v) is 3.21. The Morgan fingerprint density at radius 3 is 2.74 bits per heavy atom. The zero-order valence-electron chi connectivity index (χ0n) is 12.4. The van der Waals surface area contributed by atoms with Crippen molar-refractivity contribution in [2.45, 2.75) is 18.9 Å². The average Bonchev–Trinajstić information content (AvgIpc) is 3.02. The summed E-state index contributed by atoms with van der Waals surface area (Å²) in [4.78, 5) is 24.7. The first-order valence-electron chi connectivity index (χ1n) is 7.39. The Morgan fingerprint density at radius 2 is 1.96 bits per heavy atom. The Kier molecular flexibility index (Phi) is 4.52. The lowest BCUT2D eigenvalue weighted by atomic mass is 10.1. The first-order chi connectivity index (χ1) is 11.0. The van der Waals surface area contributed by atoms with E-state index in [4.69, 9.17) is 9.84 Å². The summed E-state index contributed by atoms with van der Waals surface area (Å²) in [6.07, 6.45) is 1.22. The van der Waals surface area contributed by atoms with Crippen LogP contribution in [0.3, 0.4) is 0 Å². The van der Waals surface area contributed by atoms with Gasteiger partial charge in [-0.05, 0) is 47.9 Å². The fraction of sp³-hybridized carbons (Fsp3) is 0.294. The van der Waals surface area contributed by atoms with Crippen molar-refractivity contribution < 1.29 is 19.4 Å². The van der Waals surface area contributed by atoms with Crippen LogP contribution in [0.25, 0.3) is 10.8 Å². The van der Waals surface area contributed by atoms with Crippen LogP contribution in [0.15, 0.2) is 40.9 Å². The van der Waals surface area contributed by atoms with Crippen molar-refractivity contribution in [1.82, 2.24) is 4.90 Å². The summed E-state index contributed by atoms with van der Waals surface area (Å²) in [5.74, 6) is -0.642. The molecule has 1 aliphatic heterocycles. The molecule has 0 bridgehead atoms. The van der Waals surface area contributed by atoms with Gasteiger partial charge in [0.1, 0.15) is 11.8 Å². The van der Waals surface area contributed by atoms with E-state index < -0.39 is 12.0 Å². The van der Waals surface area contributed by atoms with Gasteiger partial charge in [-0.25, -0.2) is 4.79 Å². The molecule has 1 amide bonds. The van der Waals surface area contributed by atoms with Gasteiger partial charge in [-0.1, -0.05) is 28.1 Å². The number of nitrogens with zero attached hydrogens (tertiary/aromatic N) is 1. The zero-order valence-corrected chi connectivity index (χ0v) is 14.0. The monoisotopic (exact) mass is 377 g/mol. The molecule has 2 aromatic rings. The highest BCUT2D eigenvalue weighted by Crippen LogP contribution is 2.24. The van der Waals surface area contributed by atoms with E-state index in [9.17, 15) is 9.59 Å². The standard InChI is InChI=1S/C17H16BrNO4/c18-13-5-3-12-9-14(6-4-11(12)8-13)23-10-16(20)19-7-1-2-15(19)17(21)22/h3-6,8-9,15H,1-2,7,10H2,(H,21,22). The van der Waals surface area contributed by atoms with Gasteiger partial charge in [0.2, 0.25) is 0 Å². The number of hydrogen-bond donors (Lipinski definition) is 1. The third-order valence-corrected chi connectivity index (χ3v) is 4.49. The van der Waals surface area contributed by atoms with Gasteiger partial charge >= 0.3 is 5.97 Å². The number of hydrogen-bond acceptors (Lipinski definition) is 3. The van der Waals surface area contributed by atoms with Crippen LogP contribution in [0.4, 0.5) is 0 Å². The number of rotatable bonds is 4. The molecule has 2 aromatic carbocycles. The smallest absolute Gasteiger partial charge is 0.326 e. The topological polar surface area (TPSA) is 66.8 Å². The lowest BCUT2D eigenvalue weighted by molar-refractivity contribution is -0.148. The van der Waals surface area contributed by atoms with Gasteiger partial charge in [0, 0.05) is 11.0 Å². The van der Waals surface area contributed by atoms with E-state index in [1.165, 1.54) is 4.90 Å². The molecule has 0 aliphatic carbocycles. The lowest BCUT2D eigenvalue weighted by Gasteiger charge is -2.21. The second-order valence-electron chi connectivity index (χ2n) is 5.53. The summed E-state index contributed by atoms with van der Waals surface area (Å²) in [6.45, 7) is 0.330. The molecule has 120 valence electrons. The molecule has 0 saturated carbocycles.